The molecule has 0 aliphatic carbocycles. The Morgan fingerprint density at radius 3 is 2.21 bits per heavy atom. The Kier molecular flexibility index (Phi) is 14.0. The van der Waals surface area contributed by atoms with Gasteiger partial charge in [0, 0.05) is 13.0 Å². The molecule has 1 rings (SSSR count). The first-order valence-corrected chi connectivity index (χ1v) is 11.6. The van der Waals surface area contributed by atoms with Crippen LogP contribution in [0.3, 0.4) is 0 Å². The summed E-state index contributed by atoms with van der Waals surface area (Å²) in [6.07, 6.45) is 3.89. The molecule has 3 amide bonds. The predicted octanol–water partition coefficient (Wildman–Crippen LogP) is 1.96. The maximum absolute atomic E-state index is 12.3. The van der Waals surface area contributed by atoms with Crippen LogP contribution in [0.4, 0.5) is 4.79 Å². The molecule has 190 valence electrons. The SMILES string of the molecule is CC(C)[C@H](NC(=O)CCCCCCCNC(=O)OCc1ccccc1)C(=O)N[C@@H](CO)C(=O)O. The highest BCUT2D eigenvalue weighted by Crippen LogP contribution is 2.08. The second-order valence-electron chi connectivity index (χ2n) is 8.38. The van der Waals surface area contributed by atoms with Crippen LogP contribution in [0, 0.1) is 5.92 Å². The lowest BCUT2D eigenvalue weighted by Crippen LogP contribution is -2.54. The van der Waals surface area contributed by atoms with Crippen LogP contribution in [-0.4, -0.2) is 59.3 Å². The second-order valence-corrected chi connectivity index (χ2v) is 8.38. The van der Waals surface area contributed by atoms with Gasteiger partial charge in [-0.2, -0.15) is 0 Å². The number of rotatable bonds is 16. The van der Waals surface area contributed by atoms with Crippen molar-refractivity contribution < 1.29 is 34.1 Å². The molecule has 0 heterocycles. The van der Waals surface area contributed by atoms with Gasteiger partial charge in [-0.3, -0.25) is 9.59 Å². The molecule has 34 heavy (non-hydrogen) atoms. The number of unbranched alkanes of at least 4 members (excludes halogenated alkanes) is 4. The summed E-state index contributed by atoms with van der Waals surface area (Å²) in [4.78, 5) is 47.1. The predicted molar refractivity (Wildman–Crippen MR) is 126 cm³/mol. The maximum atomic E-state index is 12.3. The molecular formula is C24H37N3O7. The molecule has 0 unspecified atom stereocenters. The Morgan fingerprint density at radius 1 is 0.941 bits per heavy atom. The number of aliphatic hydroxyl groups excluding tert-OH is 1. The fraction of sp³-hybridized carbons (Fsp3) is 0.583. The summed E-state index contributed by atoms with van der Waals surface area (Å²) in [5.74, 6) is -2.51. The van der Waals surface area contributed by atoms with E-state index in [1.807, 2.05) is 30.3 Å². The summed E-state index contributed by atoms with van der Waals surface area (Å²) in [6.45, 7) is 3.50. The fourth-order valence-electron chi connectivity index (χ4n) is 3.13. The number of carbonyl (C=O) groups excluding carboxylic acids is 3. The van der Waals surface area contributed by atoms with Crippen LogP contribution in [0.15, 0.2) is 30.3 Å². The summed E-state index contributed by atoms with van der Waals surface area (Å²) in [6, 6.07) is 7.15. The van der Waals surface area contributed by atoms with E-state index in [4.69, 9.17) is 14.9 Å². The molecular weight excluding hydrogens is 442 g/mol. The van der Waals surface area contributed by atoms with E-state index in [0.29, 0.717) is 13.0 Å². The van der Waals surface area contributed by atoms with Gasteiger partial charge >= 0.3 is 12.1 Å². The van der Waals surface area contributed by atoms with Gasteiger partial charge < -0.3 is 30.9 Å². The number of amides is 3. The number of benzene rings is 1. The molecule has 0 saturated carbocycles. The maximum Gasteiger partial charge on any atom is 0.407 e. The molecule has 1 aromatic carbocycles. The summed E-state index contributed by atoms with van der Waals surface area (Å²) < 4.78 is 5.14. The van der Waals surface area contributed by atoms with Gasteiger partial charge in [-0.05, 0) is 24.3 Å². The van der Waals surface area contributed by atoms with Crippen molar-refractivity contribution >= 4 is 23.9 Å². The number of hydrogen-bond acceptors (Lipinski definition) is 6. The number of ether oxygens (including phenoxy) is 1. The Labute approximate surface area is 200 Å². The highest BCUT2D eigenvalue weighted by atomic mass is 16.5. The van der Waals surface area contributed by atoms with Crippen molar-refractivity contribution in [2.24, 2.45) is 5.92 Å². The van der Waals surface area contributed by atoms with E-state index in [9.17, 15) is 19.2 Å². The molecule has 0 bridgehead atoms. The number of carboxylic acids is 1. The van der Waals surface area contributed by atoms with Crippen molar-refractivity contribution in [2.45, 2.75) is 71.1 Å². The van der Waals surface area contributed by atoms with Crippen molar-refractivity contribution in [2.75, 3.05) is 13.2 Å². The third kappa shape index (κ3) is 12.2. The van der Waals surface area contributed by atoms with E-state index in [1.165, 1.54) is 0 Å². The van der Waals surface area contributed by atoms with Gasteiger partial charge in [0.25, 0.3) is 0 Å². The molecule has 0 aliphatic heterocycles. The topological polar surface area (TPSA) is 154 Å². The first kappa shape index (κ1) is 28.9. The Morgan fingerprint density at radius 2 is 1.59 bits per heavy atom. The molecule has 0 spiro atoms. The summed E-state index contributed by atoms with van der Waals surface area (Å²) in [7, 11) is 0. The highest BCUT2D eigenvalue weighted by molar-refractivity contribution is 5.90. The average Bonchev–Trinajstić information content (AvgIpc) is 2.81. The largest absolute Gasteiger partial charge is 0.480 e. The number of aliphatic hydroxyl groups is 1. The standard InChI is InChI=1S/C24H37N3O7/c1-17(2)21(22(30)26-19(15-28)23(31)32)27-20(29)13-9-4-3-5-10-14-25-24(33)34-16-18-11-7-6-8-12-18/h6-8,11-12,17,19,21,28H,3-5,9-10,13-16H2,1-2H3,(H,25,33)(H,26,30)(H,27,29)(H,31,32)/t19-,21-/m0/s1. The van der Waals surface area contributed by atoms with Crippen LogP contribution in [0.2, 0.25) is 0 Å². The molecule has 5 N–H and O–H groups in total. The van der Waals surface area contributed by atoms with Gasteiger partial charge in [-0.15, -0.1) is 0 Å². The minimum atomic E-state index is -1.41. The minimum Gasteiger partial charge on any atom is -0.480 e. The van der Waals surface area contributed by atoms with E-state index < -0.39 is 36.7 Å². The van der Waals surface area contributed by atoms with Crippen molar-refractivity contribution in [3.8, 4) is 0 Å². The van der Waals surface area contributed by atoms with Crippen LogP contribution in [-0.2, 0) is 25.7 Å². The number of aliphatic carboxylic acids is 1. The number of nitrogens with one attached hydrogen (secondary N) is 3. The molecule has 0 fully saturated rings. The fourth-order valence-corrected chi connectivity index (χ4v) is 3.13. The first-order valence-electron chi connectivity index (χ1n) is 11.6. The molecule has 0 radical (unpaired) electrons. The third-order valence-electron chi connectivity index (χ3n) is 5.13. The van der Waals surface area contributed by atoms with E-state index in [-0.39, 0.29) is 24.9 Å². The molecule has 0 aliphatic rings. The lowest BCUT2D eigenvalue weighted by molar-refractivity contribution is -0.143. The second kappa shape index (κ2) is 16.5. The zero-order valence-electron chi connectivity index (χ0n) is 19.9. The molecule has 2 atom stereocenters. The Hall–Kier alpha value is -3.14. The summed E-state index contributed by atoms with van der Waals surface area (Å²) in [5, 5.41) is 25.6. The Bertz CT molecular complexity index is 771. The van der Waals surface area contributed by atoms with Gasteiger partial charge in [0.05, 0.1) is 6.61 Å². The zero-order valence-corrected chi connectivity index (χ0v) is 19.9. The number of carbonyl (C=O) groups is 4. The van der Waals surface area contributed by atoms with Crippen LogP contribution in [0.1, 0.15) is 57.9 Å². The van der Waals surface area contributed by atoms with Crippen LogP contribution in [0.25, 0.3) is 0 Å². The number of alkyl carbamates (subject to hydrolysis) is 1. The van der Waals surface area contributed by atoms with Gasteiger partial charge in [0.2, 0.25) is 11.8 Å². The van der Waals surface area contributed by atoms with E-state index in [1.54, 1.807) is 13.8 Å². The van der Waals surface area contributed by atoms with Crippen molar-refractivity contribution in [3.63, 3.8) is 0 Å². The van der Waals surface area contributed by atoms with E-state index in [0.717, 1.165) is 31.2 Å². The van der Waals surface area contributed by atoms with E-state index in [2.05, 4.69) is 16.0 Å². The van der Waals surface area contributed by atoms with Crippen molar-refractivity contribution in [3.05, 3.63) is 35.9 Å². The minimum absolute atomic E-state index is 0.232. The van der Waals surface area contributed by atoms with Gasteiger partial charge in [-0.1, -0.05) is 63.4 Å². The molecule has 10 heteroatoms. The zero-order chi connectivity index (χ0) is 25.3. The van der Waals surface area contributed by atoms with Crippen LogP contribution < -0.4 is 16.0 Å². The number of hydrogen-bond donors (Lipinski definition) is 5. The van der Waals surface area contributed by atoms with E-state index >= 15 is 0 Å². The van der Waals surface area contributed by atoms with Gasteiger partial charge in [0.1, 0.15) is 18.7 Å². The molecule has 0 saturated heterocycles. The normalized spacial score (nSPS) is 12.5. The number of carboxylic acid groups (broad SMARTS) is 1. The quantitative estimate of drug-likeness (QED) is 0.227. The van der Waals surface area contributed by atoms with Gasteiger partial charge in [-0.25, -0.2) is 9.59 Å². The third-order valence-corrected chi connectivity index (χ3v) is 5.13. The van der Waals surface area contributed by atoms with Crippen molar-refractivity contribution in [1.29, 1.82) is 0 Å². The summed E-state index contributed by atoms with van der Waals surface area (Å²) >= 11 is 0. The lowest BCUT2D eigenvalue weighted by Gasteiger charge is -2.23. The molecule has 10 nitrogen and oxygen atoms in total. The van der Waals surface area contributed by atoms with Gasteiger partial charge in [0.15, 0.2) is 0 Å². The van der Waals surface area contributed by atoms with Crippen LogP contribution in [0.5, 0.6) is 0 Å². The molecule has 0 aromatic heterocycles. The average molecular weight is 480 g/mol. The first-order chi connectivity index (χ1) is 16.2. The molecule has 1 aromatic rings. The highest BCUT2D eigenvalue weighted by Gasteiger charge is 2.28. The smallest absolute Gasteiger partial charge is 0.407 e. The van der Waals surface area contributed by atoms with Crippen molar-refractivity contribution in [1.82, 2.24) is 16.0 Å². The summed E-state index contributed by atoms with van der Waals surface area (Å²) in [5.41, 5.74) is 0.927. The lowest BCUT2D eigenvalue weighted by atomic mass is 10.0. The van der Waals surface area contributed by atoms with Crippen LogP contribution >= 0.6 is 0 Å². The monoisotopic (exact) mass is 479 g/mol. The Balaban J connectivity index is 2.14.